The first-order valence-corrected chi connectivity index (χ1v) is 17.9. The second-order valence-electron chi connectivity index (χ2n) is 14.3. The molecule has 57 heavy (non-hydrogen) atoms. The van der Waals surface area contributed by atoms with Gasteiger partial charge in [-0.1, -0.05) is 12.1 Å². The lowest BCUT2D eigenvalue weighted by Crippen LogP contribution is -2.73. The molecule has 3 aliphatic carbocycles. The van der Waals surface area contributed by atoms with E-state index in [9.17, 15) is 39.6 Å². The van der Waals surface area contributed by atoms with E-state index >= 15 is 4.79 Å². The Morgan fingerprint density at radius 1 is 1.02 bits per heavy atom. The number of aromatic nitrogens is 1. The molecule has 2 aromatic carbocycles. The Kier molecular flexibility index (Phi) is 10.2. The number of aliphatic hydroxyl groups is 3. The fourth-order valence-corrected chi connectivity index (χ4v) is 8.66. The van der Waals surface area contributed by atoms with Crippen LogP contribution in [0.1, 0.15) is 87.4 Å². The monoisotopic (exact) mass is 788 g/mol. The van der Waals surface area contributed by atoms with Crippen LogP contribution >= 0.6 is 0 Å². The summed E-state index contributed by atoms with van der Waals surface area (Å²) in [5, 5.41) is 47.3. The number of nitrogens with zero attached hydrogens (tertiary/aromatic N) is 2. The van der Waals surface area contributed by atoms with Crippen molar-refractivity contribution < 1.29 is 72.8 Å². The number of methoxy groups -OCH3 is 4. The number of fused-ring (bicyclic) bond motifs is 5. The molecule has 4 N–H and O–H groups in total. The van der Waals surface area contributed by atoms with E-state index in [1.54, 1.807) is 26.0 Å². The summed E-state index contributed by atoms with van der Waals surface area (Å²) < 4.78 is 33.6. The second-order valence-corrected chi connectivity index (χ2v) is 14.3. The summed E-state index contributed by atoms with van der Waals surface area (Å²) in [6.45, 7) is 2.93. The Bertz CT molecular complexity index is 2260. The van der Waals surface area contributed by atoms with E-state index in [2.05, 4.69) is 9.98 Å². The van der Waals surface area contributed by atoms with Crippen LogP contribution in [0.5, 0.6) is 11.5 Å². The molecule has 0 unspecified atom stereocenters. The molecule has 1 saturated heterocycles. The van der Waals surface area contributed by atoms with Crippen LogP contribution in [-0.2, 0) is 42.3 Å². The second kappa shape index (κ2) is 14.6. The fourth-order valence-electron chi connectivity index (χ4n) is 8.66. The summed E-state index contributed by atoms with van der Waals surface area (Å²) >= 11 is 0. The van der Waals surface area contributed by atoms with Crippen molar-refractivity contribution in [2.24, 2.45) is 4.99 Å². The highest BCUT2D eigenvalue weighted by Gasteiger charge is 2.73. The first-order valence-electron chi connectivity index (χ1n) is 17.9. The molecule has 3 aromatic rings. The molecule has 0 amide bonds. The van der Waals surface area contributed by atoms with Crippen molar-refractivity contribution in [3.8, 4) is 11.5 Å². The predicted octanol–water partition coefficient (Wildman–Crippen LogP) is 1.38. The molecule has 1 aliphatic heterocycles. The molecule has 8 atom stereocenters. The first-order chi connectivity index (χ1) is 27.1. The van der Waals surface area contributed by atoms with Gasteiger partial charge in [0.15, 0.2) is 23.2 Å². The molecule has 1 fully saturated rings. The van der Waals surface area contributed by atoms with E-state index in [4.69, 9.17) is 28.4 Å². The molecular formula is C40H40N2O15. The quantitative estimate of drug-likeness (QED) is 0.236. The Morgan fingerprint density at radius 2 is 1.74 bits per heavy atom. The van der Waals surface area contributed by atoms with Crippen LogP contribution in [0.15, 0.2) is 41.7 Å². The van der Waals surface area contributed by atoms with Crippen LogP contribution in [-0.4, -0.2) is 131 Å². The molecule has 17 nitrogen and oxygen atoms in total. The molecule has 0 radical (unpaired) electrons. The number of carbonyl (C=O) groups is 5. The first kappa shape index (κ1) is 39.9. The SMILES string of the molecule is COC(=O)c1c(C)cc2c(c1OCc1cccnc1)[C@]1(O)C(=O)c3cc4c(c(O)c3C(=O)[C@]1(OC)[C@H](O)C2)C(=O)CC(=N[C@H]1O[C@@H](C)[C@H](OC)[C@@H](O)[C@H]1OC)C4=O. The van der Waals surface area contributed by atoms with Crippen molar-refractivity contribution in [1.29, 1.82) is 0 Å². The normalized spacial score (nSPS) is 30.0. The van der Waals surface area contributed by atoms with Gasteiger partial charge in [-0.3, -0.25) is 29.2 Å². The number of aliphatic hydroxyl groups excluding tert-OH is 2. The lowest BCUT2D eigenvalue weighted by molar-refractivity contribution is -0.228. The number of hydrogen-bond donors (Lipinski definition) is 4. The van der Waals surface area contributed by atoms with E-state index in [0.29, 0.717) is 5.56 Å². The van der Waals surface area contributed by atoms with Gasteiger partial charge in [0.2, 0.25) is 17.3 Å². The van der Waals surface area contributed by atoms with E-state index in [0.717, 1.165) is 20.3 Å². The third-order valence-corrected chi connectivity index (χ3v) is 11.3. The average Bonchev–Trinajstić information content (AvgIpc) is 3.18. The van der Waals surface area contributed by atoms with Gasteiger partial charge in [0.05, 0.1) is 42.6 Å². The van der Waals surface area contributed by atoms with Crippen molar-refractivity contribution in [1.82, 2.24) is 4.98 Å². The molecular weight excluding hydrogens is 748 g/mol. The number of pyridine rings is 1. The number of Topliss-reactive ketones (excluding diaryl/α,β-unsaturated/α-hetero) is 4. The van der Waals surface area contributed by atoms with Crippen molar-refractivity contribution in [2.75, 3.05) is 28.4 Å². The van der Waals surface area contributed by atoms with Crippen molar-refractivity contribution >= 4 is 34.8 Å². The Balaban J connectivity index is 1.42. The van der Waals surface area contributed by atoms with Gasteiger partial charge in [-0.2, -0.15) is 0 Å². The average molecular weight is 789 g/mol. The minimum atomic E-state index is -3.18. The molecule has 0 saturated carbocycles. The number of carbonyl (C=O) groups excluding carboxylic acids is 5. The number of hydrogen-bond acceptors (Lipinski definition) is 17. The minimum Gasteiger partial charge on any atom is -0.506 e. The maximum atomic E-state index is 15.1. The van der Waals surface area contributed by atoms with Crippen molar-refractivity contribution in [3.63, 3.8) is 0 Å². The molecule has 1 aromatic heterocycles. The third kappa shape index (κ3) is 5.67. The number of phenols is 1. The number of aromatic hydroxyl groups is 1. The topological polar surface area (TPSA) is 247 Å². The summed E-state index contributed by atoms with van der Waals surface area (Å²) in [5.74, 6) is -6.71. The lowest BCUT2D eigenvalue weighted by atomic mass is 9.56. The number of esters is 1. The number of rotatable bonds is 8. The van der Waals surface area contributed by atoms with E-state index < -0.39 is 123 Å². The number of aliphatic imine (C=N–C) groups is 1. The maximum Gasteiger partial charge on any atom is 0.341 e. The highest BCUT2D eigenvalue weighted by Crippen LogP contribution is 2.57. The number of phenolic OH excluding ortho intramolecular Hbond substituents is 1. The Hall–Kier alpha value is -5.27. The predicted molar refractivity (Wildman–Crippen MR) is 194 cm³/mol. The van der Waals surface area contributed by atoms with Gasteiger partial charge in [-0.25, -0.2) is 4.79 Å². The number of aryl methyl sites for hydroxylation is 1. The Labute approximate surface area is 325 Å². The highest BCUT2D eigenvalue weighted by atomic mass is 16.6. The number of ketones is 4. The summed E-state index contributed by atoms with van der Waals surface area (Å²) in [6, 6.07) is 5.65. The van der Waals surface area contributed by atoms with E-state index in [-0.39, 0.29) is 34.8 Å². The van der Waals surface area contributed by atoms with Crippen LogP contribution in [0.2, 0.25) is 0 Å². The maximum absolute atomic E-state index is 15.1. The van der Waals surface area contributed by atoms with Crippen LogP contribution in [0, 0.1) is 6.92 Å². The van der Waals surface area contributed by atoms with Gasteiger partial charge in [0, 0.05) is 62.4 Å². The summed E-state index contributed by atoms with van der Waals surface area (Å²) in [7, 11) is 4.76. The zero-order valence-electron chi connectivity index (χ0n) is 31.7. The minimum absolute atomic E-state index is 0.115. The number of ether oxygens (including phenoxy) is 6. The molecule has 2 heterocycles. The zero-order valence-corrected chi connectivity index (χ0v) is 31.7. The largest absolute Gasteiger partial charge is 0.506 e. The fraction of sp³-hybridized carbons (Fsp3) is 0.425. The van der Waals surface area contributed by atoms with Gasteiger partial charge in [-0.05, 0) is 37.1 Å². The number of benzene rings is 2. The molecule has 7 rings (SSSR count). The molecule has 300 valence electrons. The summed E-state index contributed by atoms with van der Waals surface area (Å²) in [4.78, 5) is 79.6. The van der Waals surface area contributed by atoms with Gasteiger partial charge >= 0.3 is 5.97 Å². The third-order valence-electron chi connectivity index (χ3n) is 11.3. The van der Waals surface area contributed by atoms with Crippen LogP contribution in [0.25, 0.3) is 0 Å². The standard InChI is InChI=1S/C40H40N2O15/c1-16-10-19-11-24(44)40(55-6)36(49)27-21(35(48)39(40,51)28(19)33(25(16)38(50)54-5)56-15-18-8-7-9-41-14-18)12-20-26(30(27)46)23(43)13-22(29(20)45)42-37-34(53-4)31(47)32(52-3)17(2)57-37/h7-10,12,14,17,24,31-32,34,37,44,46-47,51H,11,13,15H2,1-6H3/t17-,24+,31+,32-,34+,37-,39-,40+/m0/s1. The van der Waals surface area contributed by atoms with E-state index in [1.807, 2.05) is 0 Å². The zero-order chi connectivity index (χ0) is 41.3. The molecule has 0 spiro atoms. The van der Waals surface area contributed by atoms with Crippen molar-refractivity contribution in [3.05, 3.63) is 86.7 Å². The smallest absolute Gasteiger partial charge is 0.341 e. The van der Waals surface area contributed by atoms with Gasteiger partial charge < -0.3 is 48.8 Å². The molecule has 0 bridgehead atoms. The van der Waals surface area contributed by atoms with Gasteiger partial charge in [-0.15, -0.1) is 0 Å². The van der Waals surface area contributed by atoms with Gasteiger partial charge in [0.1, 0.15) is 42.0 Å². The van der Waals surface area contributed by atoms with Crippen molar-refractivity contribution in [2.45, 2.75) is 81.2 Å². The van der Waals surface area contributed by atoms with Gasteiger partial charge in [0.25, 0.3) is 0 Å². The van der Waals surface area contributed by atoms with E-state index in [1.165, 1.54) is 32.7 Å². The summed E-state index contributed by atoms with van der Waals surface area (Å²) in [6.07, 6.45) is -5.16. The highest BCUT2D eigenvalue weighted by molar-refractivity contribution is 6.53. The van der Waals surface area contributed by atoms with Crippen LogP contribution in [0.4, 0.5) is 0 Å². The van der Waals surface area contributed by atoms with Crippen LogP contribution in [0.3, 0.4) is 0 Å². The molecule has 17 heteroatoms. The lowest BCUT2D eigenvalue weighted by Gasteiger charge is -2.53. The summed E-state index contributed by atoms with van der Waals surface area (Å²) in [5.41, 5.74) is -8.65. The van der Waals surface area contributed by atoms with Crippen LogP contribution < -0.4 is 4.74 Å². The Morgan fingerprint density at radius 3 is 2.37 bits per heavy atom. The molecule has 4 aliphatic rings.